The van der Waals surface area contributed by atoms with Gasteiger partial charge in [-0.25, -0.2) is 0 Å². The highest BCUT2D eigenvalue weighted by Gasteiger charge is 2.14. The van der Waals surface area contributed by atoms with E-state index in [4.69, 9.17) is 9.47 Å². The highest BCUT2D eigenvalue weighted by Crippen LogP contribution is 2.17. The van der Waals surface area contributed by atoms with Crippen LogP contribution in [0.1, 0.15) is 0 Å². The van der Waals surface area contributed by atoms with Crippen molar-refractivity contribution in [2.45, 2.75) is 0 Å². The zero-order valence-corrected chi connectivity index (χ0v) is 15.6. The Kier molecular flexibility index (Phi) is 6.82. The van der Waals surface area contributed by atoms with Crippen LogP contribution in [0.2, 0.25) is 0 Å². The number of hydrogen-bond acceptors (Lipinski definition) is 4. The maximum absolute atomic E-state index is 12.1. The minimum atomic E-state index is -0.298. The standard InChI is InChI=1S/C18H19BrN2O4/c1-21(18(23)12-25-15-8-6-13(19)7-9-15)11-17(22)20-14-4-3-5-16(10-14)24-2/h3-10H,11-12H2,1-2H3,(H,20,22). The summed E-state index contributed by atoms with van der Waals surface area (Å²) in [6.07, 6.45) is 0. The van der Waals surface area contributed by atoms with Crippen molar-refractivity contribution in [3.8, 4) is 11.5 Å². The summed E-state index contributed by atoms with van der Waals surface area (Å²) in [5.41, 5.74) is 0.608. The zero-order valence-electron chi connectivity index (χ0n) is 14.0. The molecule has 0 heterocycles. The highest BCUT2D eigenvalue weighted by atomic mass is 79.9. The molecule has 6 nitrogen and oxygen atoms in total. The number of carbonyl (C=O) groups is 2. The maximum atomic E-state index is 12.1. The molecule has 132 valence electrons. The SMILES string of the molecule is COc1cccc(NC(=O)CN(C)C(=O)COc2ccc(Br)cc2)c1. The van der Waals surface area contributed by atoms with E-state index in [0.29, 0.717) is 17.2 Å². The van der Waals surface area contributed by atoms with Gasteiger partial charge in [0, 0.05) is 23.3 Å². The first-order chi connectivity index (χ1) is 12.0. The van der Waals surface area contributed by atoms with Crippen molar-refractivity contribution in [3.05, 3.63) is 53.0 Å². The smallest absolute Gasteiger partial charge is 0.260 e. The molecule has 0 bridgehead atoms. The number of amides is 2. The second-order valence-corrected chi connectivity index (χ2v) is 6.19. The van der Waals surface area contributed by atoms with Gasteiger partial charge in [0.25, 0.3) is 5.91 Å². The zero-order chi connectivity index (χ0) is 18.2. The predicted octanol–water partition coefficient (Wildman–Crippen LogP) is 2.93. The Bertz CT molecular complexity index is 734. The Labute approximate surface area is 154 Å². The van der Waals surface area contributed by atoms with Crippen LogP contribution in [0.15, 0.2) is 53.0 Å². The number of hydrogen-bond donors (Lipinski definition) is 1. The number of carbonyl (C=O) groups excluding carboxylic acids is 2. The van der Waals surface area contributed by atoms with Gasteiger partial charge in [0.1, 0.15) is 11.5 Å². The molecule has 0 fully saturated rings. The van der Waals surface area contributed by atoms with E-state index in [1.54, 1.807) is 50.6 Å². The largest absolute Gasteiger partial charge is 0.497 e. The number of halogens is 1. The lowest BCUT2D eigenvalue weighted by atomic mass is 10.3. The van der Waals surface area contributed by atoms with Gasteiger partial charge >= 0.3 is 0 Å². The van der Waals surface area contributed by atoms with Gasteiger partial charge in [-0.2, -0.15) is 0 Å². The lowest BCUT2D eigenvalue weighted by Gasteiger charge is -2.17. The minimum Gasteiger partial charge on any atom is -0.497 e. The summed E-state index contributed by atoms with van der Waals surface area (Å²) in [7, 11) is 3.11. The van der Waals surface area contributed by atoms with Crippen molar-refractivity contribution >= 4 is 33.4 Å². The number of nitrogens with zero attached hydrogens (tertiary/aromatic N) is 1. The predicted molar refractivity (Wildman–Crippen MR) is 98.9 cm³/mol. The van der Waals surface area contributed by atoms with E-state index >= 15 is 0 Å². The van der Waals surface area contributed by atoms with Crippen molar-refractivity contribution in [3.63, 3.8) is 0 Å². The van der Waals surface area contributed by atoms with Gasteiger partial charge in [-0.15, -0.1) is 0 Å². The second-order valence-electron chi connectivity index (χ2n) is 5.27. The van der Waals surface area contributed by atoms with Gasteiger partial charge in [0.15, 0.2) is 6.61 Å². The van der Waals surface area contributed by atoms with E-state index in [1.807, 2.05) is 12.1 Å². The first-order valence-corrected chi connectivity index (χ1v) is 8.33. The van der Waals surface area contributed by atoms with Crippen LogP contribution in [-0.4, -0.2) is 44.0 Å². The van der Waals surface area contributed by atoms with Gasteiger partial charge in [0.05, 0.1) is 13.7 Å². The molecule has 0 atom stereocenters. The molecule has 7 heteroatoms. The van der Waals surface area contributed by atoms with E-state index < -0.39 is 0 Å². The van der Waals surface area contributed by atoms with Crippen LogP contribution in [-0.2, 0) is 9.59 Å². The topological polar surface area (TPSA) is 67.9 Å². The van der Waals surface area contributed by atoms with Gasteiger partial charge in [-0.05, 0) is 36.4 Å². The van der Waals surface area contributed by atoms with Gasteiger partial charge in [0.2, 0.25) is 5.91 Å². The van der Waals surface area contributed by atoms with Crippen molar-refractivity contribution in [2.75, 3.05) is 32.6 Å². The molecule has 0 saturated heterocycles. The van der Waals surface area contributed by atoms with Crippen LogP contribution in [0, 0.1) is 0 Å². The fourth-order valence-corrected chi connectivity index (χ4v) is 2.26. The summed E-state index contributed by atoms with van der Waals surface area (Å²) in [5.74, 6) is 0.646. The van der Waals surface area contributed by atoms with Crippen LogP contribution in [0.4, 0.5) is 5.69 Å². The number of methoxy groups -OCH3 is 1. The quantitative estimate of drug-likeness (QED) is 0.767. The van der Waals surface area contributed by atoms with Gasteiger partial charge in [-0.1, -0.05) is 22.0 Å². The number of rotatable bonds is 7. The molecule has 2 rings (SSSR count). The molecule has 0 aliphatic carbocycles. The third kappa shape index (κ3) is 6.11. The van der Waals surface area contributed by atoms with E-state index in [1.165, 1.54) is 4.90 Å². The monoisotopic (exact) mass is 406 g/mol. The summed E-state index contributed by atoms with van der Waals surface area (Å²) < 4.78 is 11.4. The first kappa shape index (κ1) is 18.8. The Morgan fingerprint density at radius 1 is 1.12 bits per heavy atom. The Hall–Kier alpha value is -2.54. The number of nitrogens with one attached hydrogen (secondary N) is 1. The Morgan fingerprint density at radius 2 is 1.84 bits per heavy atom. The van der Waals surface area contributed by atoms with Crippen LogP contribution < -0.4 is 14.8 Å². The fraction of sp³-hybridized carbons (Fsp3) is 0.222. The lowest BCUT2D eigenvalue weighted by molar-refractivity contribution is -0.135. The fourth-order valence-electron chi connectivity index (χ4n) is 1.99. The number of likely N-dealkylation sites (N-methyl/N-ethyl adjacent to an activating group) is 1. The molecule has 2 aromatic carbocycles. The summed E-state index contributed by atoms with van der Waals surface area (Å²) >= 11 is 3.33. The van der Waals surface area contributed by atoms with Crippen molar-refractivity contribution < 1.29 is 19.1 Å². The molecule has 1 N–H and O–H groups in total. The van der Waals surface area contributed by atoms with Crippen LogP contribution in [0.3, 0.4) is 0 Å². The second kappa shape index (κ2) is 9.08. The third-order valence-electron chi connectivity index (χ3n) is 3.34. The van der Waals surface area contributed by atoms with Crippen molar-refractivity contribution in [1.82, 2.24) is 4.90 Å². The summed E-state index contributed by atoms with van der Waals surface area (Å²) in [6.45, 7) is -0.204. The molecule has 25 heavy (non-hydrogen) atoms. The van der Waals surface area contributed by atoms with Crippen LogP contribution in [0.5, 0.6) is 11.5 Å². The lowest BCUT2D eigenvalue weighted by Crippen LogP contribution is -2.37. The minimum absolute atomic E-state index is 0.0697. The first-order valence-electron chi connectivity index (χ1n) is 7.54. The van der Waals surface area contributed by atoms with Crippen molar-refractivity contribution in [1.29, 1.82) is 0 Å². The number of anilines is 1. The number of ether oxygens (including phenoxy) is 2. The molecule has 0 aromatic heterocycles. The summed E-state index contributed by atoms with van der Waals surface area (Å²) in [5, 5.41) is 2.72. The average Bonchev–Trinajstić information content (AvgIpc) is 2.61. The van der Waals surface area contributed by atoms with Gasteiger partial charge in [-0.3, -0.25) is 9.59 Å². The number of benzene rings is 2. The van der Waals surface area contributed by atoms with E-state index in [9.17, 15) is 9.59 Å². The van der Waals surface area contributed by atoms with E-state index in [2.05, 4.69) is 21.2 Å². The molecule has 2 amide bonds. The molecule has 2 aromatic rings. The Balaban J connectivity index is 1.81. The molecule has 0 saturated carbocycles. The maximum Gasteiger partial charge on any atom is 0.260 e. The molecule has 0 spiro atoms. The van der Waals surface area contributed by atoms with E-state index in [-0.39, 0.29) is 25.0 Å². The third-order valence-corrected chi connectivity index (χ3v) is 3.86. The molecular formula is C18H19BrN2O4. The highest BCUT2D eigenvalue weighted by molar-refractivity contribution is 9.10. The van der Waals surface area contributed by atoms with Crippen LogP contribution in [0.25, 0.3) is 0 Å². The van der Waals surface area contributed by atoms with Crippen molar-refractivity contribution in [2.24, 2.45) is 0 Å². The molecular weight excluding hydrogens is 388 g/mol. The average molecular weight is 407 g/mol. The summed E-state index contributed by atoms with van der Waals surface area (Å²) in [6, 6.07) is 14.2. The van der Waals surface area contributed by atoms with E-state index in [0.717, 1.165) is 4.47 Å². The molecule has 0 aliphatic rings. The molecule has 0 unspecified atom stereocenters. The normalized spacial score (nSPS) is 10.0. The summed E-state index contributed by atoms with van der Waals surface area (Å²) in [4.78, 5) is 25.4. The van der Waals surface area contributed by atoms with Gasteiger partial charge < -0.3 is 19.7 Å². The Morgan fingerprint density at radius 3 is 2.52 bits per heavy atom. The van der Waals surface area contributed by atoms with Crippen LogP contribution >= 0.6 is 15.9 Å². The molecule has 0 radical (unpaired) electrons. The molecule has 0 aliphatic heterocycles.